The fourth-order valence-corrected chi connectivity index (χ4v) is 9.80. The molecule has 1 saturated heterocycles. The van der Waals surface area contributed by atoms with E-state index in [0.717, 1.165) is 5.56 Å². The molecule has 50 heavy (non-hydrogen) atoms. The minimum absolute atomic E-state index is 0.0166. The minimum atomic E-state index is -1.51. The summed E-state index contributed by atoms with van der Waals surface area (Å²) in [5, 5.41) is 43.0. The van der Waals surface area contributed by atoms with Crippen LogP contribution in [0.25, 0.3) is 0 Å². The number of hydrogen-bond acceptors (Lipinski definition) is 12. The zero-order chi connectivity index (χ0) is 35.1. The van der Waals surface area contributed by atoms with Crippen LogP contribution >= 0.6 is 43.6 Å². The van der Waals surface area contributed by atoms with Crippen LogP contribution in [0.4, 0.5) is 10.5 Å². The Bertz CT molecular complexity index is 2000. The van der Waals surface area contributed by atoms with Crippen molar-refractivity contribution in [2.75, 3.05) is 12.8 Å². The van der Waals surface area contributed by atoms with Crippen LogP contribution in [0.3, 0.4) is 0 Å². The highest BCUT2D eigenvalue weighted by atomic mass is 79.9. The number of nitro benzene ring substituents is 1. The third kappa shape index (κ3) is 4.75. The van der Waals surface area contributed by atoms with E-state index in [1.807, 2.05) is 24.5 Å². The molecule has 2 spiro atoms. The summed E-state index contributed by atoms with van der Waals surface area (Å²) in [6.07, 6.45) is -2.22. The lowest BCUT2D eigenvalue weighted by molar-refractivity contribution is -0.385. The number of amides is 2. The first-order valence-electron chi connectivity index (χ1n) is 15.7. The van der Waals surface area contributed by atoms with Crippen LogP contribution in [-0.4, -0.2) is 89.0 Å². The molecule has 1 unspecified atom stereocenters. The molecule has 1 aromatic heterocycles. The van der Waals surface area contributed by atoms with Gasteiger partial charge in [0.2, 0.25) is 5.96 Å². The largest absolute Gasteiger partial charge is 0.444 e. The Balaban J connectivity index is 1.23. The Morgan fingerprint density at radius 3 is 2.68 bits per heavy atom. The van der Waals surface area contributed by atoms with E-state index in [0.29, 0.717) is 19.9 Å². The molecule has 15 nitrogen and oxygen atoms in total. The van der Waals surface area contributed by atoms with E-state index in [-0.39, 0.29) is 49.2 Å². The number of aromatic nitrogens is 1. The zero-order valence-corrected chi connectivity index (χ0v) is 30.3. The molecule has 260 valence electrons. The smallest absolute Gasteiger partial charge is 0.414 e. The molecule has 8 rings (SSSR count). The van der Waals surface area contributed by atoms with E-state index < -0.39 is 52.6 Å². The van der Waals surface area contributed by atoms with E-state index in [1.54, 1.807) is 45.9 Å². The molecule has 2 fully saturated rings. The monoisotopic (exact) mass is 828 g/mol. The van der Waals surface area contributed by atoms with E-state index >= 15 is 0 Å². The van der Waals surface area contributed by atoms with Gasteiger partial charge in [-0.25, -0.2) is 14.8 Å². The molecule has 4 N–H and O–H groups in total. The number of hydrogen-bond donors (Lipinski definition) is 4. The molecule has 2 aromatic carbocycles. The van der Waals surface area contributed by atoms with Crippen LogP contribution in [0.1, 0.15) is 34.2 Å². The number of alkyl carbamates (subject to hydrolysis) is 1. The quantitative estimate of drug-likeness (QED) is 0.218. The Morgan fingerprint density at radius 1 is 1.20 bits per heavy atom. The summed E-state index contributed by atoms with van der Waals surface area (Å²) >= 11 is 8.54. The second-order valence-electron chi connectivity index (χ2n) is 12.8. The number of nitrogens with zero attached hydrogens (tertiary/aromatic N) is 6. The zero-order valence-electron chi connectivity index (χ0n) is 26.3. The van der Waals surface area contributed by atoms with Crippen molar-refractivity contribution < 1.29 is 29.5 Å². The van der Waals surface area contributed by atoms with Crippen molar-refractivity contribution in [3.8, 4) is 0 Å². The number of nitro groups is 1. The number of rotatable bonds is 5. The van der Waals surface area contributed by atoms with Crippen molar-refractivity contribution in [3.05, 3.63) is 96.7 Å². The second kappa shape index (κ2) is 12.1. The molecular formula is C32H30Br2N8O7S. The Morgan fingerprint density at radius 2 is 1.94 bits per heavy atom. The second-order valence-corrected chi connectivity index (χ2v) is 15.2. The molecule has 5 aliphatic rings. The van der Waals surface area contributed by atoms with Crippen LogP contribution in [-0.2, 0) is 17.9 Å². The molecule has 7 atom stereocenters. The van der Waals surface area contributed by atoms with Crippen molar-refractivity contribution in [3.63, 3.8) is 0 Å². The van der Waals surface area contributed by atoms with Gasteiger partial charge in [-0.3, -0.25) is 20.2 Å². The highest BCUT2D eigenvalue weighted by Crippen LogP contribution is 2.63. The maximum atomic E-state index is 14.3. The molecule has 1 aliphatic carbocycles. The highest BCUT2D eigenvalue weighted by molar-refractivity contribution is 9.13. The molecular weight excluding hydrogens is 800 g/mol. The fraction of sp³-hybridized carbons (Fsp3) is 0.375. The average Bonchev–Trinajstić information content (AvgIpc) is 3.87. The number of aliphatic hydroxyl groups is 2. The number of nitrogens with one attached hydrogen (secondary N) is 2. The van der Waals surface area contributed by atoms with E-state index in [2.05, 4.69) is 42.5 Å². The van der Waals surface area contributed by atoms with Gasteiger partial charge in [0, 0.05) is 36.4 Å². The van der Waals surface area contributed by atoms with Gasteiger partial charge >= 0.3 is 6.09 Å². The lowest BCUT2D eigenvalue weighted by Gasteiger charge is -2.50. The third-order valence-electron chi connectivity index (χ3n) is 10.4. The van der Waals surface area contributed by atoms with E-state index in [1.165, 1.54) is 22.7 Å². The van der Waals surface area contributed by atoms with Gasteiger partial charge < -0.3 is 34.6 Å². The first-order chi connectivity index (χ1) is 24.0. The number of guanidine groups is 1. The maximum Gasteiger partial charge on any atom is 0.414 e. The average molecular weight is 831 g/mol. The fourth-order valence-electron chi connectivity index (χ4n) is 8.42. The predicted molar refractivity (Wildman–Crippen MR) is 189 cm³/mol. The first kappa shape index (κ1) is 33.2. The summed E-state index contributed by atoms with van der Waals surface area (Å²) in [4.78, 5) is 52.1. The summed E-state index contributed by atoms with van der Waals surface area (Å²) in [6, 6.07) is 16.9. The number of thioether (sulfide) groups is 1. The Hall–Kier alpha value is -3.97. The number of para-hydroxylation sites is 1. The summed E-state index contributed by atoms with van der Waals surface area (Å²) in [7, 11) is 0. The van der Waals surface area contributed by atoms with E-state index in [4.69, 9.17) is 14.7 Å². The topological polar surface area (TPSA) is 187 Å². The van der Waals surface area contributed by atoms with E-state index in [9.17, 15) is 29.9 Å². The number of carbonyl (C=O) groups excluding carboxylic acids is 2. The molecule has 1 saturated carbocycles. The van der Waals surface area contributed by atoms with Crippen LogP contribution < -0.4 is 10.6 Å². The molecule has 4 aliphatic heterocycles. The molecule has 3 aromatic rings. The first-order valence-corrected chi connectivity index (χ1v) is 18.5. The summed E-state index contributed by atoms with van der Waals surface area (Å²) in [6.45, 7) is -0.0854. The van der Waals surface area contributed by atoms with Gasteiger partial charge in [-0.05, 0) is 49.7 Å². The number of aliphatic imine (C=N–C) groups is 2. The number of halogens is 2. The maximum absolute atomic E-state index is 14.3. The Labute approximate surface area is 306 Å². The van der Waals surface area contributed by atoms with Crippen LogP contribution in [0.5, 0.6) is 0 Å². The van der Waals surface area contributed by atoms with Crippen molar-refractivity contribution >= 4 is 72.4 Å². The number of benzene rings is 2. The lowest BCUT2D eigenvalue weighted by Crippen LogP contribution is -2.69. The molecule has 5 heterocycles. The lowest BCUT2D eigenvalue weighted by atomic mass is 9.74. The SMILES string of the molecule is CSC1=N[C@@H]2n3c(cc(Br)c3Br)C(=O)N3C[C@@H]4[C@H](O)C[C@]5(N=C(NC(=O)OCc6ccccc6)N(Cc6ccccc6[N+](=O)[O-])C5O)[C@@H]4[C@]23N1. The van der Waals surface area contributed by atoms with Gasteiger partial charge in [-0.1, -0.05) is 60.3 Å². The normalized spacial score (nSPS) is 30.3. The van der Waals surface area contributed by atoms with Crippen LogP contribution in [0, 0.1) is 22.0 Å². The number of carbonyl (C=O) groups is 2. The number of amidine groups is 1. The summed E-state index contributed by atoms with van der Waals surface area (Å²) in [5.41, 5.74) is -1.53. The number of ether oxygens (including phenoxy) is 1. The Kier molecular flexibility index (Phi) is 8.01. The van der Waals surface area contributed by atoms with Gasteiger partial charge in [0.05, 0.1) is 22.0 Å². The van der Waals surface area contributed by atoms with Gasteiger partial charge in [-0.2, -0.15) is 0 Å². The summed E-state index contributed by atoms with van der Waals surface area (Å²) in [5.74, 6) is -1.65. The molecule has 0 bridgehead atoms. The van der Waals surface area contributed by atoms with Gasteiger partial charge in [0.1, 0.15) is 22.4 Å². The number of aliphatic hydroxyl groups excluding tert-OH is 2. The number of fused-ring (bicyclic) bond motifs is 4. The molecule has 0 radical (unpaired) electrons. The van der Waals surface area contributed by atoms with Crippen molar-refractivity contribution in [2.24, 2.45) is 21.8 Å². The highest BCUT2D eigenvalue weighted by Gasteiger charge is 2.77. The standard InChI is InChI=1S/C32H30Br2N8O7S/c1-50-29-35-26-32(38-29)23-18(14-40(32)25(44)21-11-19(33)24(34)41(21)26)22(43)12-31(23)27(45)39(13-17-9-5-6-10-20(17)42(47)48)28(37-31)36-30(46)49-15-16-7-3-2-4-8-16/h2-11,18,22-23,26-27,43,45H,12-15H2,1H3,(H,35,38)(H,36,37,46)/t18-,22-,23-,26-,27?,31+,32-/m1/s1. The third-order valence-corrected chi connectivity index (χ3v) is 12.9. The van der Waals surface area contributed by atoms with Gasteiger partial charge in [0.25, 0.3) is 11.6 Å². The minimum Gasteiger partial charge on any atom is -0.444 e. The summed E-state index contributed by atoms with van der Waals surface area (Å²) < 4.78 is 8.57. The van der Waals surface area contributed by atoms with Crippen molar-refractivity contribution in [1.29, 1.82) is 0 Å². The van der Waals surface area contributed by atoms with Crippen LogP contribution in [0.2, 0.25) is 0 Å². The van der Waals surface area contributed by atoms with Crippen LogP contribution in [0.15, 0.2) is 79.7 Å². The molecule has 2 amide bonds. The van der Waals surface area contributed by atoms with Gasteiger partial charge in [-0.15, -0.1) is 0 Å². The van der Waals surface area contributed by atoms with Gasteiger partial charge in [0.15, 0.2) is 23.2 Å². The predicted octanol–water partition coefficient (Wildman–Crippen LogP) is 3.76. The van der Waals surface area contributed by atoms with Crippen molar-refractivity contribution in [2.45, 2.75) is 49.3 Å². The van der Waals surface area contributed by atoms with Crippen molar-refractivity contribution in [1.82, 2.24) is 25.0 Å². The molecule has 18 heteroatoms.